The van der Waals surface area contributed by atoms with E-state index >= 15 is 0 Å². The molecule has 0 spiro atoms. The van der Waals surface area contributed by atoms with E-state index in [0.29, 0.717) is 22.2 Å². The van der Waals surface area contributed by atoms with Crippen molar-refractivity contribution in [3.05, 3.63) is 67.7 Å². The number of halogens is 2. The van der Waals surface area contributed by atoms with Crippen LogP contribution >= 0.6 is 23.2 Å². The minimum atomic E-state index is -0.418. The summed E-state index contributed by atoms with van der Waals surface area (Å²) < 4.78 is 0. The molecule has 0 radical (unpaired) electrons. The summed E-state index contributed by atoms with van der Waals surface area (Å²) in [5.74, 6) is 0. The van der Waals surface area contributed by atoms with Crippen LogP contribution < -0.4 is 5.32 Å². The Morgan fingerprint density at radius 1 is 1.25 bits per heavy atom. The molecule has 0 aliphatic carbocycles. The van der Waals surface area contributed by atoms with Crippen molar-refractivity contribution in [1.82, 2.24) is 0 Å². The van der Waals surface area contributed by atoms with Gasteiger partial charge in [0.2, 0.25) is 0 Å². The molecule has 0 amide bonds. The van der Waals surface area contributed by atoms with E-state index in [1.807, 2.05) is 19.1 Å². The van der Waals surface area contributed by atoms with Crippen molar-refractivity contribution >= 4 is 34.6 Å². The molecule has 104 valence electrons. The molecule has 2 rings (SSSR count). The van der Waals surface area contributed by atoms with Crippen molar-refractivity contribution in [3.63, 3.8) is 0 Å². The zero-order chi connectivity index (χ0) is 14.7. The third-order valence-corrected chi connectivity index (χ3v) is 3.62. The van der Waals surface area contributed by atoms with Crippen molar-refractivity contribution < 1.29 is 4.92 Å². The van der Waals surface area contributed by atoms with Gasteiger partial charge in [0, 0.05) is 28.3 Å². The van der Waals surface area contributed by atoms with Gasteiger partial charge in [0.25, 0.3) is 5.69 Å². The van der Waals surface area contributed by atoms with E-state index in [4.69, 9.17) is 23.2 Å². The van der Waals surface area contributed by atoms with Crippen molar-refractivity contribution in [3.8, 4) is 0 Å². The van der Waals surface area contributed by atoms with Gasteiger partial charge in [0.15, 0.2) is 0 Å². The topological polar surface area (TPSA) is 55.2 Å². The number of benzene rings is 2. The number of nitro benzene ring substituents is 1. The third-order valence-electron chi connectivity index (χ3n) is 2.98. The zero-order valence-electron chi connectivity index (χ0n) is 10.7. The molecule has 20 heavy (non-hydrogen) atoms. The van der Waals surface area contributed by atoms with Crippen LogP contribution in [0.2, 0.25) is 10.0 Å². The normalized spacial score (nSPS) is 10.3. The molecule has 0 atom stereocenters. The van der Waals surface area contributed by atoms with E-state index in [-0.39, 0.29) is 5.69 Å². The van der Waals surface area contributed by atoms with Crippen molar-refractivity contribution in [2.24, 2.45) is 0 Å². The standard InChI is InChI=1S/C14H12Cl2N2O2/c1-9-12(16)3-2-4-13(9)17-8-10-7-11(15)5-6-14(10)18(19)20/h2-7,17H,8H2,1H3. The SMILES string of the molecule is Cc1c(Cl)cccc1NCc1cc(Cl)ccc1[N+](=O)[O-]. The van der Waals surface area contributed by atoms with Crippen LogP contribution in [0.5, 0.6) is 0 Å². The maximum Gasteiger partial charge on any atom is 0.274 e. The van der Waals surface area contributed by atoms with Crippen LogP contribution in [-0.4, -0.2) is 4.92 Å². The number of nitrogens with one attached hydrogen (secondary N) is 1. The lowest BCUT2D eigenvalue weighted by Crippen LogP contribution is -2.04. The molecule has 0 heterocycles. The molecule has 0 unspecified atom stereocenters. The minimum Gasteiger partial charge on any atom is -0.380 e. The van der Waals surface area contributed by atoms with E-state index < -0.39 is 4.92 Å². The lowest BCUT2D eigenvalue weighted by molar-refractivity contribution is -0.385. The second kappa shape index (κ2) is 6.11. The Bertz CT molecular complexity index is 660. The van der Waals surface area contributed by atoms with Crippen LogP contribution in [-0.2, 0) is 6.54 Å². The molecule has 0 saturated heterocycles. The number of nitro groups is 1. The van der Waals surface area contributed by atoms with Crippen molar-refractivity contribution in [1.29, 1.82) is 0 Å². The van der Waals surface area contributed by atoms with Crippen LogP contribution in [0.3, 0.4) is 0 Å². The summed E-state index contributed by atoms with van der Waals surface area (Å²) in [7, 11) is 0. The fourth-order valence-corrected chi connectivity index (χ4v) is 2.23. The molecule has 0 fully saturated rings. The molecule has 0 saturated carbocycles. The zero-order valence-corrected chi connectivity index (χ0v) is 12.2. The molecule has 4 nitrogen and oxygen atoms in total. The second-order valence-electron chi connectivity index (χ2n) is 4.30. The molecule has 2 aromatic rings. The van der Waals surface area contributed by atoms with E-state index in [0.717, 1.165) is 11.3 Å². The fourth-order valence-electron chi connectivity index (χ4n) is 1.86. The van der Waals surface area contributed by atoms with Crippen LogP contribution in [0.15, 0.2) is 36.4 Å². The first-order chi connectivity index (χ1) is 9.49. The molecule has 6 heteroatoms. The van der Waals surface area contributed by atoms with Gasteiger partial charge in [-0.25, -0.2) is 0 Å². The summed E-state index contributed by atoms with van der Waals surface area (Å²) >= 11 is 11.9. The number of hydrogen-bond acceptors (Lipinski definition) is 3. The molecular formula is C14H12Cl2N2O2. The van der Waals surface area contributed by atoms with E-state index in [1.54, 1.807) is 12.1 Å². The first-order valence-corrected chi connectivity index (χ1v) is 6.66. The van der Waals surface area contributed by atoms with Gasteiger partial charge in [-0.3, -0.25) is 10.1 Å². The predicted molar refractivity (Wildman–Crippen MR) is 81.6 cm³/mol. The largest absolute Gasteiger partial charge is 0.380 e. The van der Waals surface area contributed by atoms with Gasteiger partial charge in [-0.05, 0) is 36.8 Å². The predicted octanol–water partition coefficient (Wildman–Crippen LogP) is 4.82. The number of hydrogen-bond donors (Lipinski definition) is 1. The fraction of sp³-hybridized carbons (Fsp3) is 0.143. The Kier molecular flexibility index (Phi) is 4.47. The Morgan fingerprint density at radius 3 is 2.70 bits per heavy atom. The van der Waals surface area contributed by atoms with Crippen molar-refractivity contribution in [2.45, 2.75) is 13.5 Å². The van der Waals surface area contributed by atoms with E-state index in [9.17, 15) is 10.1 Å². The molecule has 0 bridgehead atoms. The Hall–Kier alpha value is -1.78. The van der Waals surface area contributed by atoms with Gasteiger partial charge in [0.1, 0.15) is 0 Å². The van der Waals surface area contributed by atoms with Crippen LogP contribution in [0.1, 0.15) is 11.1 Å². The maximum atomic E-state index is 11.0. The summed E-state index contributed by atoms with van der Waals surface area (Å²) in [5.41, 5.74) is 2.31. The summed E-state index contributed by atoms with van der Waals surface area (Å²) in [6.45, 7) is 2.19. The van der Waals surface area contributed by atoms with Gasteiger partial charge >= 0.3 is 0 Å². The molecule has 2 aromatic carbocycles. The van der Waals surface area contributed by atoms with Gasteiger partial charge < -0.3 is 5.32 Å². The summed E-state index contributed by atoms with van der Waals surface area (Å²) in [6.07, 6.45) is 0. The Labute approximate surface area is 126 Å². The van der Waals surface area contributed by atoms with Crippen LogP contribution in [0, 0.1) is 17.0 Å². The van der Waals surface area contributed by atoms with Gasteiger partial charge in [-0.2, -0.15) is 0 Å². The third kappa shape index (κ3) is 3.21. The molecular weight excluding hydrogens is 299 g/mol. The average molecular weight is 311 g/mol. The van der Waals surface area contributed by atoms with Crippen LogP contribution in [0.4, 0.5) is 11.4 Å². The first kappa shape index (κ1) is 14.6. The monoisotopic (exact) mass is 310 g/mol. The van der Waals surface area contributed by atoms with E-state index in [2.05, 4.69) is 5.32 Å². The number of rotatable bonds is 4. The summed E-state index contributed by atoms with van der Waals surface area (Å²) in [6, 6.07) is 10.00. The molecule has 1 N–H and O–H groups in total. The highest BCUT2D eigenvalue weighted by atomic mass is 35.5. The van der Waals surface area contributed by atoms with Gasteiger partial charge in [-0.15, -0.1) is 0 Å². The summed E-state index contributed by atoms with van der Waals surface area (Å²) in [5, 5.41) is 15.2. The average Bonchev–Trinajstić information content (AvgIpc) is 2.40. The molecule has 0 aromatic heterocycles. The highest BCUT2D eigenvalue weighted by Crippen LogP contribution is 2.26. The quantitative estimate of drug-likeness (QED) is 0.650. The Morgan fingerprint density at radius 2 is 2.00 bits per heavy atom. The van der Waals surface area contributed by atoms with Gasteiger partial charge in [-0.1, -0.05) is 29.3 Å². The Balaban J connectivity index is 2.24. The smallest absolute Gasteiger partial charge is 0.274 e. The first-order valence-electron chi connectivity index (χ1n) is 5.91. The van der Waals surface area contributed by atoms with Crippen LogP contribution in [0.25, 0.3) is 0 Å². The number of nitrogens with zero attached hydrogens (tertiary/aromatic N) is 1. The van der Waals surface area contributed by atoms with Crippen molar-refractivity contribution in [2.75, 3.05) is 5.32 Å². The summed E-state index contributed by atoms with van der Waals surface area (Å²) in [4.78, 5) is 10.6. The molecule has 0 aliphatic rings. The highest BCUT2D eigenvalue weighted by molar-refractivity contribution is 6.31. The maximum absolute atomic E-state index is 11.0. The number of anilines is 1. The highest BCUT2D eigenvalue weighted by Gasteiger charge is 2.14. The molecule has 0 aliphatic heterocycles. The lowest BCUT2D eigenvalue weighted by Gasteiger charge is -2.11. The minimum absolute atomic E-state index is 0.0431. The van der Waals surface area contributed by atoms with Gasteiger partial charge in [0.05, 0.1) is 10.5 Å². The van der Waals surface area contributed by atoms with E-state index in [1.165, 1.54) is 12.1 Å². The lowest BCUT2D eigenvalue weighted by atomic mass is 10.1. The second-order valence-corrected chi connectivity index (χ2v) is 5.14.